The van der Waals surface area contributed by atoms with Gasteiger partial charge in [-0.25, -0.2) is 0 Å². The highest BCUT2D eigenvalue weighted by Crippen LogP contribution is 2.65. The van der Waals surface area contributed by atoms with E-state index in [4.69, 9.17) is 4.42 Å². The molecule has 0 radical (unpaired) electrons. The Morgan fingerprint density at radius 2 is 0.686 bits per heavy atom. The van der Waals surface area contributed by atoms with Crippen LogP contribution in [0.3, 0.4) is 0 Å². The van der Waals surface area contributed by atoms with E-state index in [1.807, 2.05) is 12.1 Å². The normalized spacial score (nSPS) is 13.7. The van der Waals surface area contributed by atoms with Crippen molar-refractivity contribution in [1.29, 1.82) is 0 Å². The third-order valence-corrected chi connectivity index (χ3v) is 15.2. The van der Waals surface area contributed by atoms with Crippen LogP contribution in [-0.4, -0.2) is 0 Å². The standard InChI is InChI=1S/C68H45NO/c1-4-18-46(19-5-1)47-32-37-52(38-33-47)69(53-39-34-48(35-40-53)49-36-42-57-56-25-11-17-31-65(56)70-66(57)44-49)54-41-43-60-58(45-54)55-24-10-12-26-59(55)68(60)63-29-15-13-27-61(63)67(50-20-6-2-7-21-50,51-22-8-3-9-23-51)62-28-14-16-30-64(62)68/h1-45H. The third-order valence-electron chi connectivity index (χ3n) is 15.2. The summed E-state index contributed by atoms with van der Waals surface area (Å²) in [5, 5.41) is 2.27. The Balaban J connectivity index is 0.959. The zero-order valence-electron chi connectivity index (χ0n) is 38.3. The van der Waals surface area contributed by atoms with E-state index in [1.165, 1.54) is 66.8 Å². The van der Waals surface area contributed by atoms with Gasteiger partial charge >= 0.3 is 0 Å². The number of hydrogen-bond acceptors (Lipinski definition) is 2. The smallest absolute Gasteiger partial charge is 0.136 e. The van der Waals surface area contributed by atoms with E-state index in [1.54, 1.807) is 0 Å². The van der Waals surface area contributed by atoms with Crippen molar-refractivity contribution in [3.63, 3.8) is 0 Å². The average Bonchev–Trinajstić information content (AvgIpc) is 3.96. The van der Waals surface area contributed by atoms with E-state index in [2.05, 4.69) is 266 Å². The maximum Gasteiger partial charge on any atom is 0.136 e. The summed E-state index contributed by atoms with van der Waals surface area (Å²) in [6, 6.07) is 101. The molecule has 0 saturated heterocycles. The van der Waals surface area contributed by atoms with E-state index < -0.39 is 10.8 Å². The van der Waals surface area contributed by atoms with Gasteiger partial charge in [0.15, 0.2) is 0 Å². The van der Waals surface area contributed by atoms with Crippen molar-refractivity contribution in [1.82, 2.24) is 0 Å². The average molecular weight is 892 g/mol. The molecule has 0 saturated carbocycles. The molecule has 0 fully saturated rings. The van der Waals surface area contributed by atoms with Crippen LogP contribution in [0.2, 0.25) is 0 Å². The van der Waals surface area contributed by atoms with E-state index in [-0.39, 0.29) is 0 Å². The number of furan rings is 1. The Kier molecular flexibility index (Phi) is 9.06. The molecule has 1 spiro atoms. The molecule has 0 N–H and O–H groups in total. The first-order valence-corrected chi connectivity index (χ1v) is 24.2. The minimum atomic E-state index is -0.574. The van der Waals surface area contributed by atoms with Gasteiger partial charge in [-0.1, -0.05) is 218 Å². The van der Waals surface area contributed by atoms with E-state index in [0.717, 1.165) is 50.1 Å². The lowest BCUT2D eigenvalue weighted by atomic mass is 9.51. The summed E-state index contributed by atoms with van der Waals surface area (Å²) in [6.07, 6.45) is 0. The van der Waals surface area contributed by atoms with Crippen molar-refractivity contribution in [2.45, 2.75) is 10.8 Å². The Bertz CT molecular complexity index is 3840. The summed E-state index contributed by atoms with van der Waals surface area (Å²) in [7, 11) is 0. The van der Waals surface area contributed by atoms with Gasteiger partial charge in [-0.3, -0.25) is 0 Å². The van der Waals surface area contributed by atoms with Gasteiger partial charge in [-0.2, -0.15) is 0 Å². The number of nitrogens with zero attached hydrogens (tertiary/aromatic N) is 1. The van der Waals surface area contributed by atoms with Crippen LogP contribution in [0.5, 0.6) is 0 Å². The molecule has 2 nitrogen and oxygen atoms in total. The topological polar surface area (TPSA) is 16.4 Å². The highest BCUT2D eigenvalue weighted by atomic mass is 16.3. The highest BCUT2D eigenvalue weighted by molar-refractivity contribution is 6.06. The Hall–Kier alpha value is -8.98. The zero-order chi connectivity index (χ0) is 46.2. The van der Waals surface area contributed by atoms with Gasteiger partial charge in [-0.15, -0.1) is 0 Å². The lowest BCUT2D eigenvalue weighted by Gasteiger charge is -2.50. The van der Waals surface area contributed by atoms with Gasteiger partial charge in [0.1, 0.15) is 11.2 Å². The van der Waals surface area contributed by atoms with Gasteiger partial charge in [0.2, 0.25) is 0 Å². The summed E-state index contributed by atoms with van der Waals surface area (Å²) in [4.78, 5) is 2.41. The summed E-state index contributed by atoms with van der Waals surface area (Å²) >= 11 is 0. The molecule has 0 amide bonds. The number of para-hydroxylation sites is 1. The van der Waals surface area contributed by atoms with Crippen LogP contribution < -0.4 is 4.90 Å². The lowest BCUT2D eigenvalue weighted by Crippen LogP contribution is -2.44. The van der Waals surface area contributed by atoms with Crippen molar-refractivity contribution < 1.29 is 4.42 Å². The number of hydrogen-bond donors (Lipinski definition) is 0. The number of benzene rings is 11. The molecule has 11 aromatic carbocycles. The maximum absolute atomic E-state index is 6.32. The number of fused-ring (bicyclic) bond motifs is 12. The first-order chi connectivity index (χ1) is 34.7. The maximum atomic E-state index is 6.32. The minimum Gasteiger partial charge on any atom is -0.456 e. The van der Waals surface area contributed by atoms with E-state index in [0.29, 0.717) is 0 Å². The molecule has 70 heavy (non-hydrogen) atoms. The van der Waals surface area contributed by atoms with Gasteiger partial charge in [0.05, 0.1) is 10.8 Å². The predicted octanol–water partition coefficient (Wildman–Crippen LogP) is 17.4. The Labute approximate surface area is 408 Å². The second-order valence-electron chi connectivity index (χ2n) is 18.7. The zero-order valence-corrected chi connectivity index (χ0v) is 38.3. The molecule has 2 aliphatic rings. The van der Waals surface area contributed by atoms with Gasteiger partial charge < -0.3 is 9.32 Å². The molecule has 0 unspecified atom stereocenters. The summed E-state index contributed by atoms with van der Waals surface area (Å²) in [5.41, 5.74) is 21.4. The van der Waals surface area contributed by atoms with Gasteiger partial charge in [-0.05, 0) is 132 Å². The largest absolute Gasteiger partial charge is 0.456 e. The molecule has 12 aromatic rings. The first-order valence-electron chi connectivity index (χ1n) is 24.2. The molecule has 0 atom stereocenters. The summed E-state index contributed by atoms with van der Waals surface area (Å²) < 4.78 is 6.32. The van der Waals surface area contributed by atoms with Crippen LogP contribution in [0, 0.1) is 0 Å². The summed E-state index contributed by atoms with van der Waals surface area (Å²) in [5.74, 6) is 0. The first kappa shape index (κ1) is 40.1. The molecule has 0 aliphatic heterocycles. The lowest BCUT2D eigenvalue weighted by molar-refractivity contribution is 0.623. The fourth-order valence-corrected chi connectivity index (χ4v) is 12.3. The van der Waals surface area contributed by atoms with Crippen LogP contribution in [0.4, 0.5) is 17.1 Å². The van der Waals surface area contributed by atoms with Crippen LogP contribution in [0.1, 0.15) is 44.5 Å². The van der Waals surface area contributed by atoms with Crippen molar-refractivity contribution in [3.8, 4) is 33.4 Å². The van der Waals surface area contributed by atoms with Crippen LogP contribution in [0.15, 0.2) is 277 Å². The van der Waals surface area contributed by atoms with Crippen LogP contribution in [0.25, 0.3) is 55.3 Å². The molecular weight excluding hydrogens is 847 g/mol. The van der Waals surface area contributed by atoms with Crippen molar-refractivity contribution in [2.75, 3.05) is 4.90 Å². The molecule has 1 heterocycles. The molecule has 328 valence electrons. The summed E-state index contributed by atoms with van der Waals surface area (Å²) in [6.45, 7) is 0. The fraction of sp³-hybridized carbons (Fsp3) is 0.0294. The van der Waals surface area contributed by atoms with Crippen molar-refractivity contribution in [3.05, 3.63) is 317 Å². The van der Waals surface area contributed by atoms with Crippen molar-refractivity contribution >= 4 is 39.0 Å². The van der Waals surface area contributed by atoms with E-state index >= 15 is 0 Å². The van der Waals surface area contributed by atoms with Crippen LogP contribution >= 0.6 is 0 Å². The molecule has 1 aromatic heterocycles. The van der Waals surface area contributed by atoms with Crippen LogP contribution in [-0.2, 0) is 10.8 Å². The Morgan fingerprint density at radius 3 is 1.30 bits per heavy atom. The highest BCUT2D eigenvalue weighted by Gasteiger charge is 2.56. The molecule has 2 aliphatic carbocycles. The molecular formula is C68H45NO. The van der Waals surface area contributed by atoms with Crippen molar-refractivity contribution in [2.24, 2.45) is 0 Å². The number of anilines is 3. The van der Waals surface area contributed by atoms with E-state index in [9.17, 15) is 0 Å². The SMILES string of the molecule is c1ccc(-c2ccc(N(c3ccc(-c4ccc5c(c4)oc4ccccc45)cc3)c3ccc4c(c3)-c3ccccc3C43c4ccccc4C(c4ccccc4)(c4ccccc4)c4ccccc43)cc2)cc1. The monoisotopic (exact) mass is 891 g/mol. The van der Waals surface area contributed by atoms with Gasteiger partial charge in [0.25, 0.3) is 0 Å². The third kappa shape index (κ3) is 5.80. The molecule has 14 rings (SSSR count). The quantitative estimate of drug-likeness (QED) is 0.159. The second-order valence-corrected chi connectivity index (χ2v) is 18.7. The minimum absolute atomic E-state index is 0.550. The fourth-order valence-electron chi connectivity index (χ4n) is 12.3. The Morgan fingerprint density at radius 1 is 0.257 bits per heavy atom. The molecule has 2 heteroatoms. The van der Waals surface area contributed by atoms with Gasteiger partial charge in [0, 0.05) is 27.8 Å². The molecule has 0 bridgehead atoms. The second kappa shape index (κ2) is 15.8. The number of rotatable bonds is 7. The predicted molar refractivity (Wildman–Crippen MR) is 288 cm³/mol.